The number of nitrogens with zero attached hydrogens (tertiary/aromatic N) is 4. The molecule has 1 aliphatic carbocycles. The van der Waals surface area contributed by atoms with Crippen molar-refractivity contribution in [2.75, 3.05) is 5.32 Å². The van der Waals surface area contributed by atoms with Crippen molar-refractivity contribution >= 4 is 29.3 Å². The van der Waals surface area contributed by atoms with Crippen LogP contribution in [-0.2, 0) is 5.41 Å². The molecule has 1 aromatic carbocycles. The first-order valence-electron chi connectivity index (χ1n) is 10.8. The highest BCUT2D eigenvalue weighted by Gasteiger charge is 2.23. The maximum Gasteiger partial charge on any atom is 0.270 e. The first-order chi connectivity index (χ1) is 15.7. The van der Waals surface area contributed by atoms with Crippen LogP contribution in [0.2, 0.25) is 0 Å². The molecule has 0 saturated heterocycles. The molecule has 3 aromatic rings. The van der Waals surface area contributed by atoms with E-state index >= 15 is 0 Å². The zero-order valence-corrected chi connectivity index (χ0v) is 19.5. The molecule has 9 nitrogen and oxygen atoms in total. The lowest BCUT2D eigenvalue weighted by Gasteiger charge is -2.13. The Bertz CT molecular complexity index is 1160. The fraction of sp³-hybridized carbons (Fsp3) is 0.391. The minimum atomic E-state index is -0.544. The number of amides is 1. The largest absolute Gasteiger partial charge is 0.436 e. The van der Waals surface area contributed by atoms with Crippen LogP contribution in [0.3, 0.4) is 0 Å². The summed E-state index contributed by atoms with van der Waals surface area (Å²) < 4.78 is 5.81. The summed E-state index contributed by atoms with van der Waals surface area (Å²) in [6.07, 6.45) is 9.79. The van der Waals surface area contributed by atoms with Gasteiger partial charge in [0, 0.05) is 34.8 Å². The summed E-state index contributed by atoms with van der Waals surface area (Å²) in [4.78, 5) is 37.1. The van der Waals surface area contributed by atoms with Crippen molar-refractivity contribution in [3.05, 3.63) is 63.8 Å². The van der Waals surface area contributed by atoms with E-state index in [9.17, 15) is 14.9 Å². The molecule has 0 unspecified atom stereocenters. The van der Waals surface area contributed by atoms with Crippen molar-refractivity contribution < 1.29 is 14.1 Å². The number of hydrogen-bond acceptors (Lipinski definition) is 8. The Kier molecular flexibility index (Phi) is 6.46. The topological polar surface area (TPSA) is 124 Å². The third-order valence-corrected chi connectivity index (χ3v) is 6.50. The van der Waals surface area contributed by atoms with Gasteiger partial charge in [0.1, 0.15) is 5.76 Å². The number of benzene rings is 1. The number of carbonyl (C=O) groups is 1. The molecular weight excluding hydrogens is 442 g/mol. The fourth-order valence-electron chi connectivity index (χ4n) is 3.69. The third kappa shape index (κ3) is 5.39. The monoisotopic (exact) mass is 467 g/mol. The Morgan fingerprint density at radius 2 is 1.85 bits per heavy atom. The summed E-state index contributed by atoms with van der Waals surface area (Å²) in [6.45, 7) is 6.01. The van der Waals surface area contributed by atoms with Gasteiger partial charge in [0.05, 0.1) is 16.7 Å². The Labute approximate surface area is 195 Å². The molecule has 2 heterocycles. The van der Waals surface area contributed by atoms with E-state index in [1.807, 2.05) is 20.8 Å². The van der Waals surface area contributed by atoms with Gasteiger partial charge in [-0.15, -0.1) is 0 Å². The lowest BCUT2D eigenvalue weighted by atomic mass is 9.94. The van der Waals surface area contributed by atoms with Crippen LogP contribution in [0.5, 0.6) is 0 Å². The molecule has 0 atom stereocenters. The van der Waals surface area contributed by atoms with Crippen LogP contribution in [0.25, 0.3) is 0 Å². The first-order valence-corrected chi connectivity index (χ1v) is 11.6. The van der Waals surface area contributed by atoms with Crippen LogP contribution >= 0.6 is 11.8 Å². The highest BCUT2D eigenvalue weighted by atomic mass is 32.2. The zero-order chi connectivity index (χ0) is 23.6. The minimum Gasteiger partial charge on any atom is -0.436 e. The smallest absolute Gasteiger partial charge is 0.270 e. The SMILES string of the molecule is CC(C)(C)c1cnc(Sc2ccc([N+](=O)[O-])cc2C(=O)Nc2ncc(C3CCCC3)cn2)o1. The molecular formula is C23H25N5O4S. The Hall–Kier alpha value is -3.27. The summed E-state index contributed by atoms with van der Waals surface area (Å²) in [5.74, 6) is 0.773. The maximum absolute atomic E-state index is 13.0. The van der Waals surface area contributed by atoms with Crippen molar-refractivity contribution in [2.24, 2.45) is 0 Å². The van der Waals surface area contributed by atoms with E-state index in [-0.39, 0.29) is 22.6 Å². The van der Waals surface area contributed by atoms with E-state index in [1.165, 1.54) is 31.0 Å². The molecule has 2 aromatic heterocycles. The molecule has 1 fully saturated rings. The molecule has 0 spiro atoms. The predicted octanol–water partition coefficient (Wildman–Crippen LogP) is 5.73. The van der Waals surface area contributed by atoms with Gasteiger partial charge >= 0.3 is 0 Å². The standard InChI is InChI=1S/C23H25N5O4S/c1-23(2,3)19-13-26-22(32-19)33-18-9-8-16(28(30)31)10-17(18)20(29)27-21-24-11-15(12-25-21)14-6-4-5-7-14/h8-14H,4-7H2,1-3H3,(H,24,25,27,29). The third-order valence-electron chi connectivity index (χ3n) is 5.56. The van der Waals surface area contributed by atoms with Crippen molar-refractivity contribution in [1.29, 1.82) is 0 Å². The van der Waals surface area contributed by atoms with E-state index < -0.39 is 10.8 Å². The van der Waals surface area contributed by atoms with Crippen LogP contribution in [0.15, 0.2) is 51.3 Å². The van der Waals surface area contributed by atoms with Gasteiger partial charge in [0.2, 0.25) is 5.95 Å². The van der Waals surface area contributed by atoms with Crippen molar-refractivity contribution in [1.82, 2.24) is 15.0 Å². The minimum absolute atomic E-state index is 0.119. The molecule has 1 N–H and O–H groups in total. The van der Waals surface area contributed by atoms with Gasteiger partial charge in [-0.05, 0) is 42.2 Å². The molecule has 0 bridgehead atoms. The maximum atomic E-state index is 13.0. The van der Waals surface area contributed by atoms with Crippen molar-refractivity contribution in [2.45, 2.75) is 67.9 Å². The molecule has 4 rings (SSSR count). The fourth-order valence-corrected chi connectivity index (χ4v) is 4.51. The van der Waals surface area contributed by atoms with Gasteiger partial charge in [-0.1, -0.05) is 33.6 Å². The number of anilines is 1. The van der Waals surface area contributed by atoms with Crippen molar-refractivity contribution in [3.63, 3.8) is 0 Å². The number of nitrogens with one attached hydrogen (secondary N) is 1. The molecule has 1 aliphatic rings. The number of nitro benzene ring substituents is 1. The lowest BCUT2D eigenvalue weighted by molar-refractivity contribution is -0.384. The van der Waals surface area contributed by atoms with Crippen molar-refractivity contribution in [3.8, 4) is 0 Å². The van der Waals surface area contributed by atoms with E-state index in [0.29, 0.717) is 21.8 Å². The van der Waals surface area contributed by atoms with E-state index in [2.05, 4.69) is 20.3 Å². The van der Waals surface area contributed by atoms with E-state index in [1.54, 1.807) is 18.6 Å². The quantitative estimate of drug-likeness (QED) is 0.360. The van der Waals surface area contributed by atoms with Gasteiger partial charge in [-0.3, -0.25) is 20.2 Å². The second-order valence-corrected chi connectivity index (χ2v) is 10.0. The van der Waals surface area contributed by atoms with E-state index in [4.69, 9.17) is 4.42 Å². The van der Waals surface area contributed by atoms with Gasteiger partial charge in [0.15, 0.2) is 0 Å². The second kappa shape index (κ2) is 9.30. The van der Waals surface area contributed by atoms with Gasteiger partial charge in [-0.2, -0.15) is 0 Å². The average Bonchev–Trinajstić information content (AvgIpc) is 3.46. The number of nitro groups is 1. The van der Waals surface area contributed by atoms with Gasteiger partial charge in [-0.25, -0.2) is 15.0 Å². The summed E-state index contributed by atoms with van der Waals surface area (Å²) in [7, 11) is 0. The molecule has 1 amide bonds. The Morgan fingerprint density at radius 1 is 1.15 bits per heavy atom. The Balaban J connectivity index is 1.56. The zero-order valence-electron chi connectivity index (χ0n) is 18.7. The van der Waals surface area contributed by atoms with Crippen LogP contribution in [-0.4, -0.2) is 25.8 Å². The van der Waals surface area contributed by atoms with Gasteiger partial charge in [0.25, 0.3) is 16.8 Å². The molecule has 33 heavy (non-hydrogen) atoms. The predicted molar refractivity (Wildman–Crippen MR) is 124 cm³/mol. The number of carbonyl (C=O) groups excluding carboxylic acids is 1. The molecule has 0 radical (unpaired) electrons. The van der Waals surface area contributed by atoms with Crippen LogP contribution < -0.4 is 5.32 Å². The first kappa shape index (κ1) is 22.9. The summed E-state index contributed by atoms with van der Waals surface area (Å²) >= 11 is 1.13. The highest BCUT2D eigenvalue weighted by molar-refractivity contribution is 7.99. The number of oxazole rings is 1. The van der Waals surface area contributed by atoms with E-state index in [0.717, 1.165) is 30.2 Å². The molecule has 0 aliphatic heterocycles. The lowest BCUT2D eigenvalue weighted by Crippen LogP contribution is -2.15. The van der Waals surface area contributed by atoms with Gasteiger partial charge < -0.3 is 4.42 Å². The van der Waals surface area contributed by atoms with Crippen LogP contribution in [0, 0.1) is 10.1 Å². The normalized spacial score (nSPS) is 14.4. The average molecular weight is 468 g/mol. The second-order valence-electron chi connectivity index (χ2n) is 9.06. The molecule has 1 saturated carbocycles. The number of non-ortho nitro benzene ring substituents is 1. The summed E-state index contributed by atoms with van der Waals surface area (Å²) in [5.41, 5.74) is 0.775. The van der Waals surface area contributed by atoms with Crippen LogP contribution in [0.4, 0.5) is 11.6 Å². The number of aromatic nitrogens is 3. The summed E-state index contributed by atoms with van der Waals surface area (Å²) in [6, 6.07) is 4.10. The molecule has 10 heteroatoms. The Morgan fingerprint density at radius 3 is 2.45 bits per heavy atom. The summed E-state index contributed by atoms with van der Waals surface area (Å²) in [5, 5.41) is 14.3. The number of hydrogen-bond donors (Lipinski definition) is 1. The van der Waals surface area contributed by atoms with Crippen LogP contribution in [0.1, 0.15) is 74.1 Å². The number of rotatable bonds is 6. The molecule has 172 valence electrons. The highest BCUT2D eigenvalue weighted by Crippen LogP contribution is 2.35.